The van der Waals surface area contributed by atoms with Gasteiger partial charge in [-0.15, -0.1) is 0 Å². The van der Waals surface area contributed by atoms with Crippen LogP contribution in [-0.2, 0) is 11.3 Å². The monoisotopic (exact) mass is 336 g/mol. The zero-order chi connectivity index (χ0) is 17.6. The van der Waals surface area contributed by atoms with Crippen molar-refractivity contribution in [3.63, 3.8) is 0 Å². The van der Waals surface area contributed by atoms with Crippen LogP contribution < -0.4 is 4.90 Å². The number of amides is 1. The molecule has 1 aromatic heterocycles. The van der Waals surface area contributed by atoms with Crippen LogP contribution in [0.15, 0.2) is 42.6 Å². The molecule has 0 aliphatic carbocycles. The Labute approximate surface area is 147 Å². The first-order chi connectivity index (χ1) is 12.2. The van der Waals surface area contributed by atoms with Gasteiger partial charge in [-0.3, -0.25) is 4.79 Å². The van der Waals surface area contributed by atoms with Gasteiger partial charge >= 0.3 is 0 Å². The van der Waals surface area contributed by atoms with Crippen molar-refractivity contribution in [2.45, 2.75) is 6.61 Å². The molecule has 1 aromatic carbocycles. The zero-order valence-electron chi connectivity index (χ0n) is 14.2. The maximum Gasteiger partial charge on any atom is 0.253 e. The number of pyridine rings is 1. The number of hydrogen-bond acceptors (Lipinski definition) is 5. The van der Waals surface area contributed by atoms with E-state index in [2.05, 4.69) is 16.0 Å². The molecule has 1 amide bonds. The molecule has 128 valence electrons. The number of carbonyl (C=O) groups excluding carboxylic acids is 1. The highest BCUT2D eigenvalue weighted by atomic mass is 16.5. The third kappa shape index (κ3) is 3.78. The summed E-state index contributed by atoms with van der Waals surface area (Å²) in [5.74, 6) is 0.721. The fraction of sp³-hybridized carbons (Fsp3) is 0.316. The van der Waals surface area contributed by atoms with Crippen molar-refractivity contribution in [3.05, 3.63) is 59.3 Å². The van der Waals surface area contributed by atoms with E-state index in [1.807, 2.05) is 29.2 Å². The number of anilines is 1. The molecule has 0 bridgehead atoms. The summed E-state index contributed by atoms with van der Waals surface area (Å²) in [6.45, 7) is 3.03. The molecule has 1 aliphatic heterocycles. The number of benzene rings is 1. The Kier molecular flexibility index (Phi) is 5.26. The summed E-state index contributed by atoms with van der Waals surface area (Å²) in [5.41, 5.74) is 2.23. The van der Waals surface area contributed by atoms with Crippen LogP contribution in [0.25, 0.3) is 0 Å². The largest absolute Gasteiger partial charge is 0.380 e. The number of nitrogens with zero attached hydrogens (tertiary/aromatic N) is 4. The Hall–Kier alpha value is -2.91. The molecule has 1 fully saturated rings. The lowest BCUT2D eigenvalue weighted by Gasteiger charge is -2.35. The summed E-state index contributed by atoms with van der Waals surface area (Å²) in [7, 11) is 1.64. The summed E-state index contributed by atoms with van der Waals surface area (Å²) in [6, 6.07) is 13.2. The highest BCUT2D eigenvalue weighted by Crippen LogP contribution is 2.19. The van der Waals surface area contributed by atoms with Gasteiger partial charge in [0.05, 0.1) is 12.2 Å². The normalized spacial score (nSPS) is 14.2. The number of methoxy groups -OCH3 is 1. The third-order valence-electron chi connectivity index (χ3n) is 4.26. The van der Waals surface area contributed by atoms with E-state index in [0.717, 1.165) is 5.56 Å². The average Bonchev–Trinajstić information content (AvgIpc) is 2.68. The minimum absolute atomic E-state index is 0.0270. The Morgan fingerprint density at radius 3 is 2.76 bits per heavy atom. The first-order valence-corrected chi connectivity index (χ1v) is 8.20. The minimum atomic E-state index is 0.0270. The predicted octanol–water partition coefficient (Wildman–Crippen LogP) is 2.06. The number of ether oxygens (including phenoxy) is 1. The van der Waals surface area contributed by atoms with Crippen molar-refractivity contribution in [3.8, 4) is 6.07 Å². The molecule has 0 N–H and O–H groups in total. The minimum Gasteiger partial charge on any atom is -0.380 e. The topological polar surface area (TPSA) is 69.5 Å². The lowest BCUT2D eigenvalue weighted by Crippen LogP contribution is -2.49. The molecule has 0 unspecified atom stereocenters. The first kappa shape index (κ1) is 16.9. The van der Waals surface area contributed by atoms with Crippen LogP contribution in [0.5, 0.6) is 0 Å². The molecule has 3 rings (SSSR count). The van der Waals surface area contributed by atoms with E-state index in [9.17, 15) is 10.1 Å². The van der Waals surface area contributed by atoms with Gasteiger partial charge in [0.1, 0.15) is 11.9 Å². The Morgan fingerprint density at radius 2 is 2.04 bits per heavy atom. The molecular weight excluding hydrogens is 316 g/mol. The molecule has 2 heterocycles. The molecule has 1 aliphatic rings. The summed E-state index contributed by atoms with van der Waals surface area (Å²) >= 11 is 0. The Morgan fingerprint density at radius 1 is 1.24 bits per heavy atom. The second kappa shape index (κ2) is 7.77. The standard InChI is InChI=1S/C19H20N4O2/c1-25-14-15-4-2-5-16(12-15)19(24)23-10-8-22(9-11-23)18-17(13-20)6-3-7-21-18/h2-7,12H,8-11,14H2,1H3. The summed E-state index contributed by atoms with van der Waals surface area (Å²) in [6.07, 6.45) is 1.69. The van der Waals surface area contributed by atoms with Crippen molar-refractivity contribution in [1.29, 1.82) is 5.26 Å². The zero-order valence-corrected chi connectivity index (χ0v) is 14.2. The van der Waals surface area contributed by atoms with E-state index in [1.165, 1.54) is 0 Å². The predicted molar refractivity (Wildman–Crippen MR) is 94.2 cm³/mol. The Bertz CT molecular complexity index is 792. The van der Waals surface area contributed by atoms with Crippen LogP contribution in [0.4, 0.5) is 5.82 Å². The van der Waals surface area contributed by atoms with Crippen molar-refractivity contribution in [2.75, 3.05) is 38.2 Å². The van der Waals surface area contributed by atoms with Crippen molar-refractivity contribution in [2.24, 2.45) is 0 Å². The average molecular weight is 336 g/mol. The van der Waals surface area contributed by atoms with Crippen molar-refractivity contribution in [1.82, 2.24) is 9.88 Å². The number of piperazine rings is 1. The van der Waals surface area contributed by atoms with Gasteiger partial charge in [0.15, 0.2) is 0 Å². The summed E-state index contributed by atoms with van der Waals surface area (Å²) < 4.78 is 5.13. The number of rotatable bonds is 4. The summed E-state index contributed by atoms with van der Waals surface area (Å²) in [4.78, 5) is 20.9. The van der Waals surface area contributed by atoms with Crippen LogP contribution in [0.1, 0.15) is 21.5 Å². The van der Waals surface area contributed by atoms with Crippen LogP contribution in [0, 0.1) is 11.3 Å². The first-order valence-electron chi connectivity index (χ1n) is 8.20. The SMILES string of the molecule is COCc1cccc(C(=O)N2CCN(c3ncccc3C#N)CC2)c1. The quantitative estimate of drug-likeness (QED) is 0.855. The fourth-order valence-corrected chi connectivity index (χ4v) is 3.00. The van der Waals surface area contributed by atoms with E-state index in [0.29, 0.717) is 49.7 Å². The highest BCUT2D eigenvalue weighted by Gasteiger charge is 2.24. The molecular formula is C19H20N4O2. The van der Waals surface area contributed by atoms with E-state index >= 15 is 0 Å². The van der Waals surface area contributed by atoms with Crippen LogP contribution in [0.2, 0.25) is 0 Å². The van der Waals surface area contributed by atoms with Gasteiger partial charge in [0.2, 0.25) is 0 Å². The van der Waals surface area contributed by atoms with Gasteiger partial charge in [-0.2, -0.15) is 5.26 Å². The van der Waals surface area contributed by atoms with Crippen molar-refractivity contribution >= 4 is 11.7 Å². The lowest BCUT2D eigenvalue weighted by atomic mass is 10.1. The molecule has 25 heavy (non-hydrogen) atoms. The number of carbonyl (C=O) groups is 1. The molecule has 0 radical (unpaired) electrons. The van der Waals surface area contributed by atoms with Gasteiger partial charge in [-0.25, -0.2) is 4.98 Å². The molecule has 6 nitrogen and oxygen atoms in total. The van der Waals surface area contributed by atoms with Gasteiger partial charge in [-0.05, 0) is 29.8 Å². The van der Waals surface area contributed by atoms with Crippen molar-refractivity contribution < 1.29 is 9.53 Å². The van der Waals surface area contributed by atoms with Crippen LogP contribution >= 0.6 is 0 Å². The molecule has 1 saturated heterocycles. The van der Waals surface area contributed by atoms with Gasteiger partial charge in [0.25, 0.3) is 5.91 Å². The smallest absolute Gasteiger partial charge is 0.253 e. The number of nitriles is 1. The number of hydrogen-bond donors (Lipinski definition) is 0. The number of aromatic nitrogens is 1. The Balaban J connectivity index is 1.67. The van der Waals surface area contributed by atoms with Gasteiger partial charge in [-0.1, -0.05) is 12.1 Å². The molecule has 6 heteroatoms. The van der Waals surface area contributed by atoms with E-state index in [4.69, 9.17) is 4.74 Å². The van der Waals surface area contributed by atoms with Gasteiger partial charge in [0, 0.05) is 45.0 Å². The van der Waals surface area contributed by atoms with Gasteiger partial charge < -0.3 is 14.5 Å². The lowest BCUT2D eigenvalue weighted by molar-refractivity contribution is 0.0746. The van der Waals surface area contributed by atoms with E-state index < -0.39 is 0 Å². The summed E-state index contributed by atoms with van der Waals surface area (Å²) in [5, 5.41) is 9.22. The second-order valence-corrected chi connectivity index (χ2v) is 5.90. The molecule has 2 aromatic rings. The maximum atomic E-state index is 12.7. The molecule has 0 atom stereocenters. The van der Waals surface area contributed by atoms with Crippen LogP contribution in [0.3, 0.4) is 0 Å². The molecule has 0 saturated carbocycles. The second-order valence-electron chi connectivity index (χ2n) is 5.90. The van der Waals surface area contributed by atoms with E-state index in [1.54, 1.807) is 25.4 Å². The van der Waals surface area contributed by atoms with Crippen LogP contribution in [-0.4, -0.2) is 49.1 Å². The highest BCUT2D eigenvalue weighted by molar-refractivity contribution is 5.94. The molecule has 0 spiro atoms. The fourth-order valence-electron chi connectivity index (χ4n) is 3.00. The third-order valence-corrected chi connectivity index (χ3v) is 4.26. The maximum absolute atomic E-state index is 12.7. The van der Waals surface area contributed by atoms with E-state index in [-0.39, 0.29) is 5.91 Å².